The monoisotopic (exact) mass is 370 g/mol. The minimum atomic E-state index is -3.92. The number of nitro groups is 1. The molecule has 2 aromatic rings. The number of benzene rings is 2. The largest absolute Gasteiger partial charge is 0.375 e. The summed E-state index contributed by atoms with van der Waals surface area (Å²) in [6.07, 6.45) is -0.591. The van der Waals surface area contributed by atoms with Crippen molar-refractivity contribution in [2.45, 2.75) is 11.0 Å². The molecular formula is C15H15ClN2O5S. The number of hydrogen-bond acceptors (Lipinski definition) is 5. The van der Waals surface area contributed by atoms with Crippen molar-refractivity contribution in [3.63, 3.8) is 0 Å². The Labute approximate surface area is 144 Å². The molecule has 128 valence electrons. The van der Waals surface area contributed by atoms with Crippen molar-refractivity contribution in [1.82, 2.24) is 4.72 Å². The number of nitrogens with one attached hydrogen (secondary N) is 1. The highest BCUT2D eigenvalue weighted by Gasteiger charge is 2.21. The van der Waals surface area contributed by atoms with E-state index in [4.69, 9.17) is 16.3 Å². The molecule has 0 saturated carbocycles. The molecule has 1 unspecified atom stereocenters. The Bertz CT molecular complexity index is 841. The van der Waals surface area contributed by atoms with Crippen LogP contribution in [0.3, 0.4) is 0 Å². The lowest BCUT2D eigenvalue weighted by molar-refractivity contribution is -0.385. The van der Waals surface area contributed by atoms with E-state index in [0.717, 1.165) is 6.07 Å². The normalized spacial score (nSPS) is 12.8. The van der Waals surface area contributed by atoms with Crippen molar-refractivity contribution < 1.29 is 18.1 Å². The molecule has 0 amide bonds. The maximum atomic E-state index is 12.3. The van der Waals surface area contributed by atoms with Gasteiger partial charge in [0.1, 0.15) is 0 Å². The fourth-order valence-corrected chi connectivity index (χ4v) is 3.42. The number of non-ortho nitro benzene ring substituents is 1. The molecule has 0 aliphatic rings. The topological polar surface area (TPSA) is 98.5 Å². The van der Waals surface area contributed by atoms with Gasteiger partial charge >= 0.3 is 0 Å². The Hall–Kier alpha value is -2.00. The van der Waals surface area contributed by atoms with Gasteiger partial charge in [-0.05, 0) is 12.1 Å². The van der Waals surface area contributed by atoms with Gasteiger partial charge < -0.3 is 4.74 Å². The average molecular weight is 371 g/mol. The fraction of sp³-hybridized carbons (Fsp3) is 0.200. The van der Waals surface area contributed by atoms with Crippen LogP contribution >= 0.6 is 11.6 Å². The van der Waals surface area contributed by atoms with E-state index in [1.807, 2.05) is 0 Å². The predicted octanol–water partition coefficient (Wildman–Crippen LogP) is 2.91. The summed E-state index contributed by atoms with van der Waals surface area (Å²) in [7, 11) is -2.48. The summed E-state index contributed by atoms with van der Waals surface area (Å²) >= 11 is 6.09. The van der Waals surface area contributed by atoms with Crippen molar-refractivity contribution in [3.8, 4) is 0 Å². The molecule has 9 heteroatoms. The van der Waals surface area contributed by atoms with Crippen LogP contribution in [0.4, 0.5) is 5.69 Å². The van der Waals surface area contributed by atoms with Gasteiger partial charge in [-0.2, -0.15) is 0 Å². The first kappa shape index (κ1) is 18.3. The molecule has 0 aliphatic carbocycles. The smallest absolute Gasteiger partial charge is 0.270 e. The molecule has 0 heterocycles. The first-order valence-corrected chi connectivity index (χ1v) is 8.72. The standard InChI is InChI=1S/C15H15ClN2O5S/c1-23-15(13-7-2-3-8-14(13)16)10-17-24(21,22)12-6-4-5-11(9-12)18(19)20/h2-9,15,17H,10H2,1H3. The molecule has 24 heavy (non-hydrogen) atoms. The molecule has 0 bridgehead atoms. The zero-order valence-electron chi connectivity index (χ0n) is 12.7. The van der Waals surface area contributed by atoms with Crippen LogP contribution in [0.1, 0.15) is 11.7 Å². The van der Waals surface area contributed by atoms with Crippen LogP contribution < -0.4 is 4.72 Å². The quantitative estimate of drug-likeness (QED) is 0.596. The van der Waals surface area contributed by atoms with Crippen LogP contribution in [0.25, 0.3) is 0 Å². The van der Waals surface area contributed by atoms with Gasteiger partial charge in [-0.25, -0.2) is 13.1 Å². The van der Waals surface area contributed by atoms with Gasteiger partial charge in [0, 0.05) is 36.4 Å². The van der Waals surface area contributed by atoms with Crippen LogP contribution in [-0.4, -0.2) is 27.0 Å². The zero-order valence-corrected chi connectivity index (χ0v) is 14.3. The molecule has 2 aromatic carbocycles. The molecule has 0 radical (unpaired) electrons. The SMILES string of the molecule is COC(CNS(=O)(=O)c1cccc([N+](=O)[O-])c1)c1ccccc1Cl. The highest BCUT2D eigenvalue weighted by molar-refractivity contribution is 7.89. The molecule has 0 aromatic heterocycles. The van der Waals surface area contributed by atoms with Gasteiger partial charge in [0.25, 0.3) is 5.69 Å². The van der Waals surface area contributed by atoms with Crippen LogP contribution in [0, 0.1) is 10.1 Å². The van der Waals surface area contributed by atoms with Crippen LogP contribution in [0.15, 0.2) is 53.4 Å². The maximum absolute atomic E-state index is 12.3. The second-order valence-corrected chi connectivity index (χ2v) is 7.03. The summed E-state index contributed by atoms with van der Waals surface area (Å²) in [5, 5.41) is 11.2. The van der Waals surface area contributed by atoms with E-state index in [2.05, 4.69) is 4.72 Å². The first-order chi connectivity index (χ1) is 11.3. The van der Waals surface area contributed by atoms with Gasteiger partial charge in [-0.1, -0.05) is 35.9 Å². The van der Waals surface area contributed by atoms with E-state index >= 15 is 0 Å². The third kappa shape index (κ3) is 4.30. The van der Waals surface area contributed by atoms with E-state index in [0.29, 0.717) is 10.6 Å². The second kappa shape index (κ2) is 7.71. The number of halogens is 1. The predicted molar refractivity (Wildman–Crippen MR) is 89.5 cm³/mol. The Morgan fingerprint density at radius 2 is 1.96 bits per heavy atom. The number of hydrogen-bond donors (Lipinski definition) is 1. The molecule has 2 rings (SSSR count). The zero-order chi connectivity index (χ0) is 17.7. The number of rotatable bonds is 7. The third-order valence-corrected chi connectivity index (χ3v) is 5.10. The molecule has 0 fully saturated rings. The second-order valence-electron chi connectivity index (χ2n) is 4.85. The Kier molecular flexibility index (Phi) is 5.89. The van der Waals surface area contributed by atoms with Crippen molar-refractivity contribution in [1.29, 1.82) is 0 Å². The number of ether oxygens (including phenoxy) is 1. The molecule has 1 atom stereocenters. The number of nitro benzene ring substituents is 1. The molecule has 0 saturated heterocycles. The van der Waals surface area contributed by atoms with Gasteiger partial charge in [-0.3, -0.25) is 10.1 Å². The highest BCUT2D eigenvalue weighted by atomic mass is 35.5. The van der Waals surface area contributed by atoms with Crippen LogP contribution in [0.5, 0.6) is 0 Å². The van der Waals surface area contributed by atoms with Gasteiger partial charge in [0.15, 0.2) is 0 Å². The summed E-state index contributed by atoms with van der Waals surface area (Å²) < 4.78 is 32.3. The summed E-state index contributed by atoms with van der Waals surface area (Å²) in [6.45, 7) is -0.0642. The minimum absolute atomic E-state index is 0.0642. The minimum Gasteiger partial charge on any atom is -0.375 e. The Morgan fingerprint density at radius 1 is 1.25 bits per heavy atom. The van der Waals surface area contributed by atoms with Crippen molar-refractivity contribution in [2.24, 2.45) is 0 Å². The maximum Gasteiger partial charge on any atom is 0.270 e. The van der Waals surface area contributed by atoms with Crippen molar-refractivity contribution >= 4 is 27.3 Å². The number of sulfonamides is 1. The first-order valence-electron chi connectivity index (χ1n) is 6.86. The van der Waals surface area contributed by atoms with Gasteiger partial charge in [0.05, 0.1) is 15.9 Å². The Morgan fingerprint density at radius 3 is 2.58 bits per heavy atom. The summed E-state index contributed by atoms with van der Waals surface area (Å²) in [4.78, 5) is 9.93. The lowest BCUT2D eigenvalue weighted by Crippen LogP contribution is -2.29. The summed E-state index contributed by atoms with van der Waals surface area (Å²) in [6, 6.07) is 11.8. The molecule has 1 N–H and O–H groups in total. The van der Waals surface area contributed by atoms with Crippen LogP contribution in [-0.2, 0) is 14.8 Å². The fourth-order valence-electron chi connectivity index (χ4n) is 2.09. The summed E-state index contributed by atoms with van der Waals surface area (Å²) in [5.74, 6) is 0. The van der Waals surface area contributed by atoms with E-state index in [-0.39, 0.29) is 17.1 Å². The van der Waals surface area contributed by atoms with E-state index in [1.165, 1.54) is 25.3 Å². The van der Waals surface area contributed by atoms with Gasteiger partial charge in [-0.15, -0.1) is 0 Å². The molecule has 7 nitrogen and oxygen atoms in total. The average Bonchev–Trinajstić information content (AvgIpc) is 2.57. The van der Waals surface area contributed by atoms with E-state index in [9.17, 15) is 18.5 Å². The molecule has 0 spiro atoms. The van der Waals surface area contributed by atoms with Crippen molar-refractivity contribution in [2.75, 3.05) is 13.7 Å². The lowest BCUT2D eigenvalue weighted by atomic mass is 10.1. The van der Waals surface area contributed by atoms with Gasteiger partial charge in [0.2, 0.25) is 10.0 Å². The number of methoxy groups -OCH3 is 1. The summed E-state index contributed by atoms with van der Waals surface area (Å²) in [5.41, 5.74) is 0.343. The van der Waals surface area contributed by atoms with Crippen LogP contribution in [0.2, 0.25) is 5.02 Å². The van der Waals surface area contributed by atoms with E-state index in [1.54, 1.807) is 24.3 Å². The highest BCUT2D eigenvalue weighted by Crippen LogP contribution is 2.25. The lowest BCUT2D eigenvalue weighted by Gasteiger charge is -2.17. The Balaban J connectivity index is 2.19. The molecule has 0 aliphatic heterocycles. The van der Waals surface area contributed by atoms with Crippen molar-refractivity contribution in [3.05, 3.63) is 69.2 Å². The molecular weight excluding hydrogens is 356 g/mol. The van der Waals surface area contributed by atoms with E-state index < -0.39 is 21.1 Å². The third-order valence-electron chi connectivity index (χ3n) is 3.33. The number of nitrogens with zero attached hydrogens (tertiary/aromatic N) is 1.